The Bertz CT molecular complexity index is 661. The van der Waals surface area contributed by atoms with Gasteiger partial charge in [-0.2, -0.15) is 0 Å². The molecular formula is C28H46Sr. The summed E-state index contributed by atoms with van der Waals surface area (Å²) in [5, 5.41) is 0. The molecule has 0 nitrogen and oxygen atoms in total. The van der Waals surface area contributed by atoms with E-state index >= 15 is 0 Å². The first-order chi connectivity index (χ1) is 13.3. The fraction of sp³-hybridized carbons (Fsp3) is 0.714. The van der Waals surface area contributed by atoms with Gasteiger partial charge < -0.3 is 0 Å². The van der Waals surface area contributed by atoms with Crippen molar-refractivity contribution in [3.05, 3.63) is 46.6 Å². The standard InChI is InChI=1S/2C14H23.Sr/c2*1-9(2)12-7-8-13(10(3)4)14(12)11(5)6;/h2*7-11H,1-6H3;. The second-order valence-electron chi connectivity index (χ2n) is 11.6. The maximum absolute atomic E-state index is 2.70. The van der Waals surface area contributed by atoms with Gasteiger partial charge in [0.2, 0.25) is 0 Å². The van der Waals surface area contributed by atoms with E-state index in [9.17, 15) is 0 Å². The van der Waals surface area contributed by atoms with Crippen molar-refractivity contribution in [2.24, 2.45) is 35.5 Å². The fourth-order valence-corrected chi connectivity index (χ4v) is 15.8. The summed E-state index contributed by atoms with van der Waals surface area (Å²) >= 11 is -1.44. The van der Waals surface area contributed by atoms with Crippen LogP contribution in [0.4, 0.5) is 0 Å². The number of allylic oxidation sites excluding steroid dienone is 8. The zero-order valence-corrected chi connectivity index (χ0v) is 25.0. The van der Waals surface area contributed by atoms with E-state index in [2.05, 4.69) is 107 Å². The molecule has 0 aromatic carbocycles. The zero-order valence-electron chi connectivity index (χ0n) is 21.5. The summed E-state index contributed by atoms with van der Waals surface area (Å²) in [4.78, 5) is 0. The van der Waals surface area contributed by atoms with Gasteiger partial charge in [0.05, 0.1) is 0 Å². The van der Waals surface area contributed by atoms with Crippen molar-refractivity contribution in [2.75, 3.05) is 0 Å². The quantitative estimate of drug-likeness (QED) is 0.312. The molecule has 2 aliphatic rings. The molecule has 0 bridgehead atoms. The second kappa shape index (κ2) is 9.52. The Hall–Kier alpha value is 0.441. The molecule has 160 valence electrons. The van der Waals surface area contributed by atoms with Gasteiger partial charge in [0, 0.05) is 0 Å². The van der Waals surface area contributed by atoms with E-state index in [1.54, 1.807) is 22.3 Å². The molecule has 2 aliphatic carbocycles. The van der Waals surface area contributed by atoms with Gasteiger partial charge in [-0.15, -0.1) is 0 Å². The average Bonchev–Trinajstić information content (AvgIpc) is 3.15. The van der Waals surface area contributed by atoms with E-state index in [4.69, 9.17) is 0 Å². The zero-order chi connectivity index (χ0) is 22.3. The van der Waals surface area contributed by atoms with E-state index < -0.39 is 41.0 Å². The van der Waals surface area contributed by atoms with Crippen LogP contribution in [-0.4, -0.2) is 41.0 Å². The molecule has 2 unspecified atom stereocenters. The molecule has 0 saturated carbocycles. The van der Waals surface area contributed by atoms with Crippen molar-refractivity contribution in [2.45, 2.75) is 83.9 Å². The average molecular weight is 470 g/mol. The van der Waals surface area contributed by atoms with Crippen molar-refractivity contribution in [1.82, 2.24) is 0 Å². The van der Waals surface area contributed by atoms with Crippen LogP contribution in [0.15, 0.2) is 46.6 Å². The first kappa shape index (κ1) is 25.7. The van der Waals surface area contributed by atoms with Crippen molar-refractivity contribution in [1.29, 1.82) is 0 Å². The topological polar surface area (TPSA) is 0 Å². The van der Waals surface area contributed by atoms with Crippen LogP contribution in [0.5, 0.6) is 0 Å². The molecule has 2 atom stereocenters. The van der Waals surface area contributed by atoms with Crippen LogP contribution in [0.3, 0.4) is 0 Å². The van der Waals surface area contributed by atoms with Crippen molar-refractivity contribution in [3.63, 3.8) is 0 Å². The maximum atomic E-state index is 2.70. The Balaban J connectivity index is 2.74. The predicted octanol–water partition coefficient (Wildman–Crippen LogP) is 8.68. The number of hydrogen-bond acceptors (Lipinski definition) is 0. The van der Waals surface area contributed by atoms with Crippen molar-refractivity contribution < 1.29 is 0 Å². The summed E-state index contributed by atoms with van der Waals surface area (Å²) in [5.74, 6) is 3.87. The Morgan fingerprint density at radius 2 is 0.828 bits per heavy atom. The second-order valence-corrected chi connectivity index (χ2v) is 18.2. The summed E-state index contributed by atoms with van der Waals surface area (Å²) in [6, 6.07) is 0. The van der Waals surface area contributed by atoms with Gasteiger partial charge >= 0.3 is 207 Å². The summed E-state index contributed by atoms with van der Waals surface area (Å²) < 4.78 is 0.716. The summed E-state index contributed by atoms with van der Waals surface area (Å²) in [6.45, 7) is 29.3. The molecule has 0 amide bonds. The third-order valence-electron chi connectivity index (χ3n) is 7.79. The van der Waals surface area contributed by atoms with Crippen LogP contribution in [0, 0.1) is 35.5 Å². The minimum absolute atomic E-state index is 0.358. The van der Waals surface area contributed by atoms with Gasteiger partial charge in [0.1, 0.15) is 0 Å². The van der Waals surface area contributed by atoms with Gasteiger partial charge in [-0.1, -0.05) is 0 Å². The van der Waals surface area contributed by atoms with Crippen molar-refractivity contribution in [3.8, 4) is 0 Å². The Morgan fingerprint density at radius 1 is 0.517 bits per heavy atom. The molecule has 0 fully saturated rings. The van der Waals surface area contributed by atoms with Crippen LogP contribution in [-0.2, 0) is 0 Å². The van der Waals surface area contributed by atoms with E-state index in [1.807, 2.05) is 0 Å². The normalized spacial score (nSPS) is 27.4. The summed E-state index contributed by atoms with van der Waals surface area (Å²) in [7, 11) is 0. The van der Waals surface area contributed by atoms with E-state index in [0.717, 1.165) is 0 Å². The van der Waals surface area contributed by atoms with Crippen LogP contribution < -0.4 is 0 Å². The van der Waals surface area contributed by atoms with E-state index in [1.165, 1.54) is 0 Å². The molecule has 0 radical (unpaired) electrons. The summed E-state index contributed by atoms with van der Waals surface area (Å²) in [6.07, 6.45) is 10.5. The molecule has 0 saturated heterocycles. The number of rotatable bonds is 8. The van der Waals surface area contributed by atoms with Gasteiger partial charge in [-0.25, -0.2) is 0 Å². The van der Waals surface area contributed by atoms with Gasteiger partial charge in [0.15, 0.2) is 0 Å². The number of hydrogen-bond donors (Lipinski definition) is 0. The third-order valence-corrected chi connectivity index (χ3v) is 17.7. The van der Waals surface area contributed by atoms with Crippen LogP contribution in [0.25, 0.3) is 0 Å². The van der Waals surface area contributed by atoms with Crippen LogP contribution in [0.1, 0.15) is 83.1 Å². The SMILES string of the molecule is CC(C)C1=C(C(C)C)[C]([Sr][C]2(C(C)C)C=CC(C(C)C)=C2C(C)C)(C(C)C)C=C1. The monoisotopic (exact) mass is 470 g/mol. The molecule has 0 heterocycles. The molecule has 1 heteroatoms. The van der Waals surface area contributed by atoms with Crippen molar-refractivity contribution >= 4 is 41.0 Å². The molecular weight excluding hydrogens is 424 g/mol. The van der Waals surface area contributed by atoms with Gasteiger partial charge in [0.25, 0.3) is 0 Å². The van der Waals surface area contributed by atoms with E-state index in [0.29, 0.717) is 36.3 Å². The molecule has 29 heavy (non-hydrogen) atoms. The van der Waals surface area contributed by atoms with E-state index in [-0.39, 0.29) is 0 Å². The van der Waals surface area contributed by atoms with Crippen LogP contribution in [0.2, 0.25) is 0.772 Å². The Kier molecular flexibility index (Phi) is 8.43. The predicted molar refractivity (Wildman–Crippen MR) is 133 cm³/mol. The molecule has 0 spiro atoms. The molecule has 0 aromatic heterocycles. The third kappa shape index (κ3) is 4.50. The van der Waals surface area contributed by atoms with Gasteiger partial charge in [-0.3, -0.25) is 0 Å². The van der Waals surface area contributed by atoms with Crippen LogP contribution >= 0.6 is 0 Å². The fourth-order valence-electron chi connectivity index (χ4n) is 6.33. The Morgan fingerprint density at radius 3 is 1.03 bits per heavy atom. The molecule has 0 N–H and O–H groups in total. The first-order valence-corrected chi connectivity index (χ1v) is 15.7. The first-order valence-electron chi connectivity index (χ1n) is 12.2. The molecule has 0 aromatic rings. The molecule has 0 aliphatic heterocycles. The Labute approximate surface area is 205 Å². The summed E-state index contributed by atoms with van der Waals surface area (Å²) in [5.41, 5.74) is 6.89. The van der Waals surface area contributed by atoms with Gasteiger partial charge in [-0.05, 0) is 0 Å². The minimum atomic E-state index is -1.44. The molecule has 2 rings (SSSR count).